The average Bonchev–Trinajstić information content (AvgIpc) is 3.28. The Balaban J connectivity index is 1.97. The van der Waals surface area contributed by atoms with Gasteiger partial charge in [-0.25, -0.2) is 9.97 Å². The van der Waals surface area contributed by atoms with E-state index in [2.05, 4.69) is 9.97 Å². The lowest BCUT2D eigenvalue weighted by molar-refractivity contribution is 0.405. The van der Waals surface area contributed by atoms with Gasteiger partial charge in [0.25, 0.3) is 0 Å². The molecule has 3 rings (SSSR count). The van der Waals surface area contributed by atoms with E-state index in [4.69, 9.17) is 10.5 Å². The van der Waals surface area contributed by atoms with Crippen molar-refractivity contribution in [3.63, 3.8) is 0 Å². The number of para-hydroxylation sites is 1. The minimum atomic E-state index is 0.495. The van der Waals surface area contributed by atoms with Gasteiger partial charge in [-0.15, -0.1) is 0 Å². The average molecular weight is 287 g/mol. The number of nitrogen functional groups attached to an aromatic ring is 1. The van der Waals surface area contributed by atoms with Crippen molar-refractivity contribution in [2.24, 2.45) is 0 Å². The predicted octanol–water partition coefficient (Wildman–Crippen LogP) is 3.40. The van der Waals surface area contributed by atoms with Crippen LogP contribution in [0.1, 0.15) is 30.1 Å². The number of hydrogen-bond donors (Lipinski definition) is 1. The second kappa shape index (κ2) is 5.32. The fraction of sp³-hybridized carbons (Fsp3) is 0.333. The first-order valence-electron chi connectivity index (χ1n) is 6.64. The summed E-state index contributed by atoms with van der Waals surface area (Å²) < 4.78 is 5.38. The molecule has 0 radical (unpaired) electrons. The van der Waals surface area contributed by atoms with Crippen LogP contribution in [0.15, 0.2) is 34.2 Å². The molecule has 0 amide bonds. The number of anilines is 1. The molecule has 1 aromatic carbocycles. The molecule has 0 bridgehead atoms. The van der Waals surface area contributed by atoms with Crippen molar-refractivity contribution >= 4 is 17.6 Å². The molecular weight excluding hydrogens is 270 g/mol. The number of nitrogens with two attached hydrogens (primary N) is 1. The lowest BCUT2D eigenvalue weighted by Gasteiger charge is -2.11. The highest BCUT2D eigenvalue weighted by Gasteiger charge is 2.28. The van der Waals surface area contributed by atoms with E-state index in [0.29, 0.717) is 11.7 Å². The fourth-order valence-corrected chi connectivity index (χ4v) is 2.96. The van der Waals surface area contributed by atoms with Crippen LogP contribution in [0.3, 0.4) is 0 Å². The maximum atomic E-state index is 6.02. The van der Waals surface area contributed by atoms with Crippen molar-refractivity contribution in [1.29, 1.82) is 0 Å². The smallest absolute Gasteiger partial charge is 0.135 e. The summed E-state index contributed by atoms with van der Waals surface area (Å²) in [6.45, 7) is 1.96. The van der Waals surface area contributed by atoms with Crippen molar-refractivity contribution in [1.82, 2.24) is 9.97 Å². The molecule has 2 aromatic rings. The van der Waals surface area contributed by atoms with E-state index in [1.165, 1.54) is 12.8 Å². The van der Waals surface area contributed by atoms with E-state index in [1.54, 1.807) is 18.9 Å². The number of hydrogen-bond acceptors (Lipinski definition) is 5. The van der Waals surface area contributed by atoms with Gasteiger partial charge >= 0.3 is 0 Å². The third kappa shape index (κ3) is 2.58. The monoisotopic (exact) mass is 287 g/mol. The van der Waals surface area contributed by atoms with Crippen LogP contribution in [0.4, 0.5) is 5.82 Å². The van der Waals surface area contributed by atoms with Crippen LogP contribution in [0, 0.1) is 6.92 Å². The molecule has 4 nitrogen and oxygen atoms in total. The Kier molecular flexibility index (Phi) is 3.53. The van der Waals surface area contributed by atoms with Crippen molar-refractivity contribution in [2.75, 3.05) is 12.8 Å². The first-order chi connectivity index (χ1) is 9.69. The van der Waals surface area contributed by atoms with Crippen LogP contribution < -0.4 is 10.5 Å². The molecule has 0 atom stereocenters. The van der Waals surface area contributed by atoms with Crippen molar-refractivity contribution in [2.45, 2.75) is 35.6 Å². The second-order valence-electron chi connectivity index (χ2n) is 4.92. The van der Waals surface area contributed by atoms with Crippen LogP contribution in [0.5, 0.6) is 5.75 Å². The Bertz CT molecular complexity index is 641. The molecule has 0 saturated heterocycles. The Morgan fingerprint density at radius 3 is 2.70 bits per heavy atom. The van der Waals surface area contributed by atoms with Gasteiger partial charge in [0.15, 0.2) is 0 Å². The van der Waals surface area contributed by atoms with E-state index in [9.17, 15) is 0 Å². The van der Waals surface area contributed by atoms with Gasteiger partial charge in [-0.1, -0.05) is 23.9 Å². The van der Waals surface area contributed by atoms with Crippen LogP contribution in [-0.2, 0) is 0 Å². The molecule has 0 unspecified atom stereocenters. The van der Waals surface area contributed by atoms with Gasteiger partial charge < -0.3 is 10.5 Å². The summed E-state index contributed by atoms with van der Waals surface area (Å²) in [6.07, 6.45) is 2.34. The third-order valence-corrected chi connectivity index (χ3v) is 4.52. The summed E-state index contributed by atoms with van der Waals surface area (Å²) >= 11 is 1.58. The van der Waals surface area contributed by atoms with Crippen molar-refractivity contribution in [3.8, 4) is 5.75 Å². The van der Waals surface area contributed by atoms with E-state index in [0.717, 1.165) is 27.1 Å². The Labute approximate surface area is 122 Å². The van der Waals surface area contributed by atoms with Crippen molar-refractivity contribution < 1.29 is 4.74 Å². The maximum Gasteiger partial charge on any atom is 0.135 e. The molecule has 1 aromatic heterocycles. The van der Waals surface area contributed by atoms with E-state index in [1.807, 2.05) is 31.2 Å². The highest BCUT2D eigenvalue weighted by Crippen LogP contribution is 2.41. The highest BCUT2D eigenvalue weighted by atomic mass is 32.2. The molecule has 1 aliphatic carbocycles. The molecular formula is C15H17N3OS. The first kappa shape index (κ1) is 13.2. The normalized spacial score (nSPS) is 14.3. The minimum absolute atomic E-state index is 0.495. The molecule has 2 N–H and O–H groups in total. The Morgan fingerprint density at radius 1 is 1.25 bits per heavy atom. The predicted molar refractivity (Wildman–Crippen MR) is 80.3 cm³/mol. The summed E-state index contributed by atoms with van der Waals surface area (Å²) in [5.41, 5.74) is 6.95. The summed E-state index contributed by atoms with van der Waals surface area (Å²) in [5.74, 6) is 2.81. The van der Waals surface area contributed by atoms with Crippen molar-refractivity contribution in [3.05, 3.63) is 35.7 Å². The third-order valence-electron chi connectivity index (χ3n) is 3.37. The van der Waals surface area contributed by atoms with E-state index < -0.39 is 0 Å². The topological polar surface area (TPSA) is 61.0 Å². The molecule has 1 aliphatic rings. The largest absolute Gasteiger partial charge is 0.496 e. The van der Waals surface area contributed by atoms with Gasteiger partial charge in [-0.2, -0.15) is 0 Å². The molecule has 1 heterocycles. The number of benzene rings is 1. The number of ether oxygens (including phenoxy) is 1. The minimum Gasteiger partial charge on any atom is -0.496 e. The van der Waals surface area contributed by atoms with Gasteiger partial charge in [0.1, 0.15) is 22.4 Å². The molecule has 104 valence electrons. The summed E-state index contributed by atoms with van der Waals surface area (Å²) in [4.78, 5) is 10.1. The molecule has 1 saturated carbocycles. The molecule has 0 aliphatic heterocycles. The summed E-state index contributed by atoms with van der Waals surface area (Å²) in [7, 11) is 1.68. The highest BCUT2D eigenvalue weighted by molar-refractivity contribution is 7.99. The van der Waals surface area contributed by atoms with Gasteiger partial charge in [0.2, 0.25) is 0 Å². The van der Waals surface area contributed by atoms with Gasteiger partial charge in [-0.3, -0.25) is 0 Å². The standard InChI is InChI=1S/C15H17N3OS/c1-9-13(16)17-14(10-7-8-10)18-15(9)20-12-6-4-3-5-11(12)19-2/h3-6,10H,7-8H2,1-2H3,(H2,16,17,18). The lowest BCUT2D eigenvalue weighted by atomic mass is 10.3. The van der Waals surface area contributed by atoms with Crippen LogP contribution in [0.25, 0.3) is 0 Å². The van der Waals surface area contributed by atoms with Gasteiger partial charge in [0, 0.05) is 11.5 Å². The van der Waals surface area contributed by atoms with Crippen LogP contribution >= 0.6 is 11.8 Å². The summed E-state index contributed by atoms with van der Waals surface area (Å²) in [5, 5.41) is 0.920. The molecule has 5 heteroatoms. The number of nitrogens with zero attached hydrogens (tertiary/aromatic N) is 2. The molecule has 0 spiro atoms. The molecule has 20 heavy (non-hydrogen) atoms. The maximum absolute atomic E-state index is 6.02. The van der Waals surface area contributed by atoms with Crippen LogP contribution in [-0.4, -0.2) is 17.1 Å². The fourth-order valence-electron chi connectivity index (χ4n) is 1.96. The lowest BCUT2D eigenvalue weighted by Crippen LogP contribution is -2.03. The zero-order valence-electron chi connectivity index (χ0n) is 11.6. The SMILES string of the molecule is COc1ccccc1Sc1nc(C2CC2)nc(N)c1C. The zero-order chi connectivity index (χ0) is 14.1. The number of rotatable bonds is 4. The van der Waals surface area contributed by atoms with Gasteiger partial charge in [-0.05, 0) is 31.9 Å². The second-order valence-corrected chi connectivity index (χ2v) is 5.96. The number of aromatic nitrogens is 2. The quantitative estimate of drug-likeness (QED) is 0.873. The first-order valence-corrected chi connectivity index (χ1v) is 7.45. The van der Waals surface area contributed by atoms with E-state index in [-0.39, 0.29) is 0 Å². The molecule has 1 fully saturated rings. The summed E-state index contributed by atoms with van der Waals surface area (Å²) in [6, 6.07) is 7.92. The number of methoxy groups -OCH3 is 1. The van der Waals surface area contributed by atoms with Crippen LogP contribution in [0.2, 0.25) is 0 Å². The zero-order valence-corrected chi connectivity index (χ0v) is 12.4. The Morgan fingerprint density at radius 2 is 2.00 bits per heavy atom. The van der Waals surface area contributed by atoms with E-state index >= 15 is 0 Å². The Hall–Kier alpha value is -1.75. The van der Waals surface area contributed by atoms with Gasteiger partial charge in [0.05, 0.1) is 12.0 Å².